The molecule has 1 amide bonds. The Bertz CT molecular complexity index is 513. The third kappa shape index (κ3) is 4.49. The monoisotopic (exact) mass is 323 g/mol. The number of piperazine rings is 1. The molecule has 1 aromatic rings. The Morgan fingerprint density at radius 1 is 1.50 bits per heavy atom. The summed E-state index contributed by atoms with van der Waals surface area (Å²) in [6.45, 7) is 10.2. The van der Waals surface area contributed by atoms with Gasteiger partial charge in [-0.3, -0.25) is 4.79 Å². The predicted molar refractivity (Wildman–Crippen MR) is 88.5 cm³/mol. The van der Waals surface area contributed by atoms with E-state index in [9.17, 15) is 4.79 Å². The first-order valence-electron chi connectivity index (χ1n) is 7.79. The number of amides is 1. The Kier molecular flexibility index (Phi) is 6.28. The lowest BCUT2D eigenvalue weighted by Gasteiger charge is -2.33. The molecule has 22 heavy (non-hydrogen) atoms. The third-order valence-corrected chi connectivity index (χ3v) is 4.17. The summed E-state index contributed by atoms with van der Waals surface area (Å²) in [4.78, 5) is 16.0. The van der Waals surface area contributed by atoms with Crippen LogP contribution in [-0.2, 0) is 4.79 Å². The van der Waals surface area contributed by atoms with Gasteiger partial charge in [0.15, 0.2) is 6.10 Å². The van der Waals surface area contributed by atoms with Crippen LogP contribution in [0.4, 0.5) is 0 Å². The van der Waals surface area contributed by atoms with E-state index in [4.69, 9.17) is 16.3 Å². The number of hydrogen-bond acceptors (Lipinski definition) is 2. The number of carbonyl (C=O) groups excluding carboxylic acids is 1. The van der Waals surface area contributed by atoms with Crippen LogP contribution in [0.3, 0.4) is 0 Å². The molecule has 0 unspecified atom stereocenters. The largest absolute Gasteiger partial charge is 0.481 e. The maximum absolute atomic E-state index is 12.6. The zero-order valence-corrected chi connectivity index (χ0v) is 13.8. The van der Waals surface area contributed by atoms with Gasteiger partial charge in [-0.2, -0.15) is 0 Å². The van der Waals surface area contributed by atoms with Gasteiger partial charge in [-0.25, -0.2) is 0 Å². The molecule has 1 aromatic carbocycles. The predicted octanol–water partition coefficient (Wildman–Crippen LogP) is 1.41. The topological polar surface area (TPSA) is 34.0 Å². The Hall–Kier alpha value is -1.52. The van der Waals surface area contributed by atoms with E-state index in [-0.39, 0.29) is 5.91 Å². The van der Waals surface area contributed by atoms with Crippen molar-refractivity contribution in [2.24, 2.45) is 0 Å². The standard InChI is InChI=1S/C17H23ClN2O2/c1-3-8-19-9-11-20(12-10-19)17(21)16(4-2)22-15-7-5-6-14(18)13-15/h3,5-7,13,16H,1,4,8-12H2,2H3/p+1/t16-/m0/s1. The highest BCUT2D eigenvalue weighted by Gasteiger charge is 2.29. The van der Waals surface area contributed by atoms with Crippen molar-refractivity contribution in [1.82, 2.24) is 4.90 Å². The highest BCUT2D eigenvalue weighted by molar-refractivity contribution is 6.30. The number of benzene rings is 1. The summed E-state index contributed by atoms with van der Waals surface area (Å²) in [6.07, 6.45) is 2.13. The van der Waals surface area contributed by atoms with Gasteiger partial charge < -0.3 is 14.5 Å². The van der Waals surface area contributed by atoms with Gasteiger partial charge in [0.05, 0.1) is 32.7 Å². The summed E-state index contributed by atoms with van der Waals surface area (Å²) in [5.41, 5.74) is 0. The van der Waals surface area contributed by atoms with Crippen LogP contribution in [0.15, 0.2) is 36.9 Å². The van der Waals surface area contributed by atoms with E-state index in [2.05, 4.69) is 6.58 Å². The summed E-state index contributed by atoms with van der Waals surface area (Å²) >= 11 is 5.96. The van der Waals surface area contributed by atoms with E-state index in [1.807, 2.05) is 30.0 Å². The van der Waals surface area contributed by atoms with E-state index in [0.717, 1.165) is 32.7 Å². The molecule has 0 bridgehead atoms. The van der Waals surface area contributed by atoms with Crippen molar-refractivity contribution in [2.75, 3.05) is 32.7 Å². The van der Waals surface area contributed by atoms with Gasteiger partial charge >= 0.3 is 0 Å². The van der Waals surface area contributed by atoms with E-state index < -0.39 is 6.10 Å². The number of ether oxygens (including phenoxy) is 1. The maximum atomic E-state index is 12.6. The fourth-order valence-corrected chi connectivity index (χ4v) is 2.85. The Morgan fingerprint density at radius 2 is 2.23 bits per heavy atom. The summed E-state index contributed by atoms with van der Waals surface area (Å²) in [5, 5.41) is 0.612. The lowest BCUT2D eigenvalue weighted by molar-refractivity contribution is -0.898. The van der Waals surface area contributed by atoms with Gasteiger partial charge in [0, 0.05) is 5.02 Å². The minimum Gasteiger partial charge on any atom is -0.481 e. The second kappa shape index (κ2) is 8.20. The minimum absolute atomic E-state index is 0.0696. The van der Waals surface area contributed by atoms with Gasteiger partial charge in [-0.05, 0) is 30.7 Å². The molecule has 0 spiro atoms. The van der Waals surface area contributed by atoms with Crippen LogP contribution in [0.1, 0.15) is 13.3 Å². The Labute approximate surface area is 137 Å². The van der Waals surface area contributed by atoms with Crippen LogP contribution in [0.2, 0.25) is 5.02 Å². The number of quaternary nitrogens is 1. The summed E-state index contributed by atoms with van der Waals surface area (Å²) in [7, 11) is 0. The van der Waals surface area contributed by atoms with E-state index in [1.165, 1.54) is 4.90 Å². The normalized spacial score (nSPS) is 17.1. The Morgan fingerprint density at radius 3 is 2.82 bits per heavy atom. The summed E-state index contributed by atoms with van der Waals surface area (Å²) < 4.78 is 5.84. The van der Waals surface area contributed by atoms with Crippen LogP contribution in [-0.4, -0.2) is 49.6 Å². The van der Waals surface area contributed by atoms with Gasteiger partial charge in [0.1, 0.15) is 5.75 Å². The second-order valence-electron chi connectivity index (χ2n) is 5.54. The molecule has 1 aliphatic rings. The average molecular weight is 324 g/mol. The molecule has 0 saturated carbocycles. The molecular weight excluding hydrogens is 300 g/mol. The molecule has 1 N–H and O–H groups in total. The molecule has 1 saturated heterocycles. The molecule has 1 fully saturated rings. The SMILES string of the molecule is C=CC[NH+]1CCN(C(=O)[C@H](CC)Oc2cccc(Cl)c2)CC1. The average Bonchev–Trinajstić information content (AvgIpc) is 2.53. The van der Waals surface area contributed by atoms with Crippen LogP contribution in [0, 0.1) is 0 Å². The molecule has 0 radical (unpaired) electrons. The van der Waals surface area contributed by atoms with Gasteiger partial charge in [-0.15, -0.1) is 0 Å². The van der Waals surface area contributed by atoms with Gasteiger partial charge in [-0.1, -0.05) is 31.2 Å². The molecular formula is C17H24ClN2O2+. The summed E-state index contributed by atoms with van der Waals surface area (Å²) in [6, 6.07) is 7.18. The molecule has 1 heterocycles. The third-order valence-electron chi connectivity index (χ3n) is 3.94. The fourth-order valence-electron chi connectivity index (χ4n) is 2.67. The number of rotatable bonds is 6. The zero-order chi connectivity index (χ0) is 15.9. The van der Waals surface area contributed by atoms with Crippen molar-refractivity contribution in [3.8, 4) is 5.75 Å². The number of nitrogens with one attached hydrogen (secondary N) is 1. The van der Waals surface area contributed by atoms with Crippen LogP contribution >= 0.6 is 11.6 Å². The van der Waals surface area contributed by atoms with E-state index >= 15 is 0 Å². The first-order chi connectivity index (χ1) is 10.6. The first-order valence-corrected chi connectivity index (χ1v) is 8.17. The lowest BCUT2D eigenvalue weighted by Crippen LogP contribution is -3.14. The van der Waals surface area contributed by atoms with Crippen molar-refractivity contribution in [1.29, 1.82) is 0 Å². The van der Waals surface area contributed by atoms with Crippen LogP contribution < -0.4 is 9.64 Å². The van der Waals surface area contributed by atoms with Crippen molar-refractivity contribution in [2.45, 2.75) is 19.4 Å². The molecule has 1 aliphatic heterocycles. The van der Waals surface area contributed by atoms with Crippen molar-refractivity contribution >= 4 is 17.5 Å². The molecule has 0 aromatic heterocycles. The van der Waals surface area contributed by atoms with Gasteiger partial charge in [0.2, 0.25) is 0 Å². The number of carbonyl (C=O) groups is 1. The molecule has 120 valence electrons. The van der Waals surface area contributed by atoms with Gasteiger partial charge in [0.25, 0.3) is 5.91 Å². The molecule has 5 heteroatoms. The number of hydrogen-bond donors (Lipinski definition) is 1. The summed E-state index contributed by atoms with van der Waals surface area (Å²) in [5.74, 6) is 0.712. The first kappa shape index (κ1) is 16.8. The molecule has 0 aliphatic carbocycles. The van der Waals surface area contributed by atoms with Crippen molar-refractivity contribution in [3.63, 3.8) is 0 Å². The number of halogens is 1. The quantitative estimate of drug-likeness (QED) is 0.803. The lowest BCUT2D eigenvalue weighted by atomic mass is 10.2. The highest BCUT2D eigenvalue weighted by Crippen LogP contribution is 2.19. The molecule has 2 rings (SSSR count). The molecule has 4 nitrogen and oxygen atoms in total. The fraction of sp³-hybridized carbons (Fsp3) is 0.471. The second-order valence-corrected chi connectivity index (χ2v) is 5.98. The van der Waals surface area contributed by atoms with Crippen LogP contribution in [0.25, 0.3) is 0 Å². The molecule has 1 atom stereocenters. The smallest absolute Gasteiger partial charge is 0.264 e. The van der Waals surface area contributed by atoms with Crippen molar-refractivity contribution in [3.05, 3.63) is 41.9 Å². The number of nitrogens with zero attached hydrogens (tertiary/aromatic N) is 1. The van der Waals surface area contributed by atoms with Crippen LogP contribution in [0.5, 0.6) is 5.75 Å². The zero-order valence-electron chi connectivity index (χ0n) is 13.1. The minimum atomic E-state index is -0.445. The van der Waals surface area contributed by atoms with Crippen molar-refractivity contribution < 1.29 is 14.4 Å². The highest BCUT2D eigenvalue weighted by atomic mass is 35.5. The van der Waals surface area contributed by atoms with E-state index in [0.29, 0.717) is 17.2 Å². The maximum Gasteiger partial charge on any atom is 0.264 e. The van der Waals surface area contributed by atoms with E-state index in [1.54, 1.807) is 12.1 Å². The Balaban J connectivity index is 1.93.